The average Bonchev–Trinajstić information content (AvgIpc) is 2.13. The van der Waals surface area contributed by atoms with Gasteiger partial charge in [-0.2, -0.15) is 0 Å². The number of phenols is 1. The quantitative estimate of drug-likeness (QED) is 0.695. The second kappa shape index (κ2) is 4.33. The van der Waals surface area contributed by atoms with Gasteiger partial charge in [0.25, 0.3) is 0 Å². The first-order chi connectivity index (χ1) is 6.65. The SMILES string of the molecule is C#CCC(=O)Nc1cccc(O)c1C. The monoisotopic (exact) mass is 189 g/mol. The van der Waals surface area contributed by atoms with Crippen molar-refractivity contribution in [1.29, 1.82) is 0 Å². The molecule has 0 saturated carbocycles. The number of anilines is 1. The van der Waals surface area contributed by atoms with Gasteiger partial charge in [0.05, 0.1) is 6.42 Å². The Kier molecular flexibility index (Phi) is 3.14. The number of amides is 1. The van der Waals surface area contributed by atoms with Crippen LogP contribution < -0.4 is 5.32 Å². The number of hydrogen-bond donors (Lipinski definition) is 2. The molecule has 0 fully saturated rings. The zero-order valence-electron chi connectivity index (χ0n) is 7.87. The minimum Gasteiger partial charge on any atom is -0.508 e. The lowest BCUT2D eigenvalue weighted by Crippen LogP contribution is -2.10. The van der Waals surface area contributed by atoms with E-state index in [1.807, 2.05) is 0 Å². The van der Waals surface area contributed by atoms with Crippen molar-refractivity contribution in [1.82, 2.24) is 0 Å². The molecule has 0 bridgehead atoms. The maximum Gasteiger partial charge on any atom is 0.236 e. The van der Waals surface area contributed by atoms with Crippen LogP contribution in [0.4, 0.5) is 5.69 Å². The molecule has 0 aliphatic heterocycles. The van der Waals surface area contributed by atoms with E-state index >= 15 is 0 Å². The van der Waals surface area contributed by atoms with Crippen LogP contribution in [0.5, 0.6) is 5.75 Å². The molecule has 3 heteroatoms. The minimum atomic E-state index is -0.249. The smallest absolute Gasteiger partial charge is 0.236 e. The van der Waals surface area contributed by atoms with Gasteiger partial charge in [-0.1, -0.05) is 12.0 Å². The Balaban J connectivity index is 2.83. The number of carbonyl (C=O) groups is 1. The van der Waals surface area contributed by atoms with Gasteiger partial charge in [0.2, 0.25) is 5.91 Å². The highest BCUT2D eigenvalue weighted by Gasteiger charge is 2.05. The van der Waals surface area contributed by atoms with Crippen LogP contribution in [0.3, 0.4) is 0 Å². The minimum absolute atomic E-state index is 0.0368. The van der Waals surface area contributed by atoms with Gasteiger partial charge in [0, 0.05) is 11.3 Å². The van der Waals surface area contributed by atoms with Crippen molar-refractivity contribution in [2.75, 3.05) is 5.32 Å². The third-order valence-corrected chi connectivity index (χ3v) is 1.84. The second-order valence-electron chi connectivity index (χ2n) is 2.88. The molecule has 1 aromatic rings. The molecule has 3 nitrogen and oxygen atoms in total. The van der Waals surface area contributed by atoms with Gasteiger partial charge in [-0.3, -0.25) is 4.79 Å². The number of terminal acetylenes is 1. The molecular formula is C11H11NO2. The maximum atomic E-state index is 11.1. The van der Waals surface area contributed by atoms with E-state index in [-0.39, 0.29) is 18.1 Å². The second-order valence-corrected chi connectivity index (χ2v) is 2.88. The Morgan fingerprint density at radius 3 is 3.00 bits per heavy atom. The Bertz CT molecular complexity index is 391. The van der Waals surface area contributed by atoms with E-state index in [1.165, 1.54) is 0 Å². The molecule has 1 rings (SSSR count). The molecule has 14 heavy (non-hydrogen) atoms. The van der Waals surface area contributed by atoms with Crippen LogP contribution in [0, 0.1) is 19.3 Å². The van der Waals surface area contributed by atoms with E-state index in [4.69, 9.17) is 6.42 Å². The van der Waals surface area contributed by atoms with E-state index in [9.17, 15) is 9.90 Å². The van der Waals surface area contributed by atoms with Gasteiger partial charge in [0.15, 0.2) is 0 Å². The lowest BCUT2D eigenvalue weighted by molar-refractivity contribution is -0.115. The van der Waals surface area contributed by atoms with E-state index in [1.54, 1.807) is 25.1 Å². The summed E-state index contributed by atoms with van der Waals surface area (Å²) in [6.45, 7) is 1.72. The number of benzene rings is 1. The summed E-state index contributed by atoms with van der Waals surface area (Å²) >= 11 is 0. The lowest BCUT2D eigenvalue weighted by atomic mass is 10.2. The lowest BCUT2D eigenvalue weighted by Gasteiger charge is -2.07. The third kappa shape index (κ3) is 2.27. The topological polar surface area (TPSA) is 49.3 Å². The van der Waals surface area contributed by atoms with Crippen molar-refractivity contribution in [2.45, 2.75) is 13.3 Å². The van der Waals surface area contributed by atoms with Crippen LogP contribution in [-0.4, -0.2) is 11.0 Å². The first-order valence-corrected chi connectivity index (χ1v) is 4.17. The fraction of sp³-hybridized carbons (Fsp3) is 0.182. The van der Waals surface area contributed by atoms with Crippen molar-refractivity contribution in [3.8, 4) is 18.1 Å². The number of phenolic OH excluding ortho intramolecular Hbond substituents is 1. The van der Waals surface area contributed by atoms with Crippen molar-refractivity contribution < 1.29 is 9.90 Å². The van der Waals surface area contributed by atoms with Gasteiger partial charge in [-0.25, -0.2) is 0 Å². The van der Waals surface area contributed by atoms with E-state index in [2.05, 4.69) is 11.2 Å². The summed E-state index contributed by atoms with van der Waals surface area (Å²) in [6.07, 6.45) is 5.03. The zero-order valence-corrected chi connectivity index (χ0v) is 7.87. The first-order valence-electron chi connectivity index (χ1n) is 4.17. The Hall–Kier alpha value is -1.95. The number of nitrogens with one attached hydrogen (secondary N) is 1. The van der Waals surface area contributed by atoms with Gasteiger partial charge < -0.3 is 10.4 Å². The van der Waals surface area contributed by atoms with Crippen molar-refractivity contribution in [2.24, 2.45) is 0 Å². The molecule has 1 amide bonds. The van der Waals surface area contributed by atoms with E-state index in [0.29, 0.717) is 11.3 Å². The van der Waals surface area contributed by atoms with E-state index < -0.39 is 0 Å². The van der Waals surface area contributed by atoms with E-state index in [0.717, 1.165) is 0 Å². The molecule has 0 radical (unpaired) electrons. The summed E-state index contributed by atoms with van der Waals surface area (Å²) in [6, 6.07) is 4.93. The normalized spacial score (nSPS) is 9.14. The number of rotatable bonds is 2. The summed E-state index contributed by atoms with van der Waals surface area (Å²) in [5, 5.41) is 12.0. The Morgan fingerprint density at radius 1 is 1.64 bits per heavy atom. The van der Waals surface area contributed by atoms with Crippen LogP contribution in [0.1, 0.15) is 12.0 Å². The van der Waals surface area contributed by atoms with Crippen LogP contribution >= 0.6 is 0 Å². The summed E-state index contributed by atoms with van der Waals surface area (Å²) in [5.74, 6) is 2.15. The van der Waals surface area contributed by atoms with Crippen molar-refractivity contribution in [3.05, 3.63) is 23.8 Å². The molecule has 0 unspecified atom stereocenters. The molecule has 0 saturated heterocycles. The molecule has 0 heterocycles. The molecule has 0 aromatic heterocycles. The average molecular weight is 189 g/mol. The predicted molar refractivity (Wildman–Crippen MR) is 54.9 cm³/mol. The van der Waals surface area contributed by atoms with Gasteiger partial charge in [-0.15, -0.1) is 6.42 Å². The molecule has 0 atom stereocenters. The van der Waals surface area contributed by atoms with Crippen molar-refractivity contribution in [3.63, 3.8) is 0 Å². The molecule has 1 aromatic carbocycles. The third-order valence-electron chi connectivity index (χ3n) is 1.84. The molecule has 0 spiro atoms. The van der Waals surface area contributed by atoms with Gasteiger partial charge >= 0.3 is 0 Å². The molecular weight excluding hydrogens is 178 g/mol. The fourth-order valence-electron chi connectivity index (χ4n) is 1.05. The standard InChI is InChI=1S/C11H11NO2/c1-3-5-11(14)12-9-6-4-7-10(13)8(9)2/h1,4,6-7,13H,5H2,2H3,(H,12,14). The summed E-state index contributed by atoms with van der Waals surface area (Å²) in [5.41, 5.74) is 1.23. The first kappa shape index (κ1) is 10.1. The summed E-state index contributed by atoms with van der Waals surface area (Å²) in [4.78, 5) is 11.1. The molecule has 0 aliphatic carbocycles. The Labute approximate surface area is 82.8 Å². The maximum absolute atomic E-state index is 11.1. The summed E-state index contributed by atoms with van der Waals surface area (Å²) < 4.78 is 0. The van der Waals surface area contributed by atoms with Crippen LogP contribution in [0.2, 0.25) is 0 Å². The van der Waals surface area contributed by atoms with Gasteiger partial charge in [-0.05, 0) is 19.1 Å². The van der Waals surface area contributed by atoms with Gasteiger partial charge in [0.1, 0.15) is 5.75 Å². The highest BCUT2D eigenvalue weighted by atomic mass is 16.3. The fourth-order valence-corrected chi connectivity index (χ4v) is 1.05. The zero-order chi connectivity index (χ0) is 10.6. The largest absolute Gasteiger partial charge is 0.508 e. The number of hydrogen-bond acceptors (Lipinski definition) is 2. The number of aromatic hydroxyl groups is 1. The highest BCUT2D eigenvalue weighted by Crippen LogP contribution is 2.23. The van der Waals surface area contributed by atoms with Crippen molar-refractivity contribution >= 4 is 11.6 Å². The molecule has 72 valence electrons. The Morgan fingerprint density at radius 2 is 2.36 bits per heavy atom. The molecule has 0 aliphatic rings. The van der Waals surface area contributed by atoms with Crippen LogP contribution in [0.15, 0.2) is 18.2 Å². The molecule has 2 N–H and O–H groups in total. The predicted octanol–water partition coefficient (Wildman–Crippen LogP) is 1.66. The summed E-state index contributed by atoms with van der Waals surface area (Å²) in [7, 11) is 0. The van der Waals surface area contributed by atoms with Crippen LogP contribution in [0.25, 0.3) is 0 Å². The number of carbonyl (C=O) groups excluding carboxylic acids is 1. The highest BCUT2D eigenvalue weighted by molar-refractivity contribution is 5.93. The van der Waals surface area contributed by atoms with Crippen LogP contribution in [-0.2, 0) is 4.79 Å².